The number of aliphatic carboxylic acids is 1. The monoisotopic (exact) mass is 564 g/mol. The van der Waals surface area contributed by atoms with Crippen LogP contribution in [0.4, 0.5) is 8.78 Å². The summed E-state index contributed by atoms with van der Waals surface area (Å²) in [6.45, 7) is 2.11. The number of aliphatic hydroxyl groups is 1. The van der Waals surface area contributed by atoms with Crippen LogP contribution < -0.4 is 4.74 Å². The molecule has 1 aliphatic heterocycles. The van der Waals surface area contributed by atoms with Crippen molar-refractivity contribution in [3.8, 4) is 5.75 Å². The lowest BCUT2D eigenvalue weighted by atomic mass is 9.79. The average molecular weight is 565 g/mol. The molecule has 0 aliphatic carbocycles. The highest BCUT2D eigenvalue weighted by atomic mass is 35.5. The van der Waals surface area contributed by atoms with Crippen LogP contribution in [0.2, 0.25) is 5.02 Å². The Hall–Kier alpha value is -2.46. The van der Waals surface area contributed by atoms with E-state index in [1.807, 2.05) is 12.1 Å². The predicted octanol–water partition coefficient (Wildman–Crippen LogP) is 6.19. The van der Waals surface area contributed by atoms with Crippen LogP contribution >= 0.6 is 23.4 Å². The standard InChI is InChI=1S/C28H31ClF2N2O4S/c1-37-21-3-4-25-23(14-21)28(24(29)15-32-25)26(34)5-2-17-6-7-33(16-18(17)10-27(35)36)8-9-38-22-12-19(30)11-20(31)13-22/h3-4,11-15,17-18,26,34H,2,5-10,16H2,1H3,(H,35,36). The summed E-state index contributed by atoms with van der Waals surface area (Å²) in [5.41, 5.74) is 1.31. The fourth-order valence-corrected chi connectivity index (χ4v) is 6.50. The fourth-order valence-electron chi connectivity index (χ4n) is 5.25. The van der Waals surface area contributed by atoms with Gasteiger partial charge in [-0.3, -0.25) is 9.78 Å². The van der Waals surface area contributed by atoms with Crippen molar-refractivity contribution in [2.45, 2.75) is 36.7 Å². The molecule has 2 aromatic carbocycles. The molecule has 0 saturated carbocycles. The third-order valence-electron chi connectivity index (χ3n) is 7.14. The zero-order valence-corrected chi connectivity index (χ0v) is 22.7. The molecule has 1 aromatic heterocycles. The van der Waals surface area contributed by atoms with Crippen LogP contribution in [-0.2, 0) is 4.79 Å². The molecule has 204 valence electrons. The molecule has 1 aliphatic rings. The molecule has 3 atom stereocenters. The van der Waals surface area contributed by atoms with Crippen LogP contribution in [0.3, 0.4) is 0 Å². The molecule has 2 N–H and O–H groups in total. The zero-order chi connectivity index (χ0) is 27.2. The van der Waals surface area contributed by atoms with Crippen LogP contribution in [0.15, 0.2) is 47.5 Å². The van der Waals surface area contributed by atoms with E-state index in [2.05, 4.69) is 9.88 Å². The number of aromatic nitrogens is 1. The van der Waals surface area contributed by atoms with E-state index in [0.717, 1.165) is 24.4 Å². The second-order valence-corrected chi connectivity index (χ2v) is 11.2. The van der Waals surface area contributed by atoms with Gasteiger partial charge in [-0.05, 0) is 68.0 Å². The number of nitrogens with zero attached hydrogens (tertiary/aromatic N) is 2. The Bertz CT molecular complexity index is 1260. The molecule has 3 unspecified atom stereocenters. The Labute approximate surface area is 230 Å². The maximum absolute atomic E-state index is 13.4. The van der Waals surface area contributed by atoms with Gasteiger partial charge in [0.05, 0.1) is 23.8 Å². The minimum atomic E-state index is -0.845. The van der Waals surface area contributed by atoms with Crippen molar-refractivity contribution in [3.05, 3.63) is 64.8 Å². The van der Waals surface area contributed by atoms with E-state index in [1.165, 1.54) is 30.1 Å². The first kappa shape index (κ1) is 28.5. The number of benzene rings is 2. The summed E-state index contributed by atoms with van der Waals surface area (Å²) in [6, 6.07) is 8.92. The summed E-state index contributed by atoms with van der Waals surface area (Å²) < 4.78 is 32.2. The van der Waals surface area contributed by atoms with Crippen LogP contribution in [0.1, 0.15) is 37.4 Å². The normalized spacial score (nSPS) is 19.0. The van der Waals surface area contributed by atoms with Crippen molar-refractivity contribution in [1.82, 2.24) is 9.88 Å². The van der Waals surface area contributed by atoms with Crippen molar-refractivity contribution < 1.29 is 28.5 Å². The number of rotatable bonds is 11. The number of carboxylic acid groups (broad SMARTS) is 1. The number of methoxy groups -OCH3 is 1. The molecule has 4 rings (SSSR count). The first-order valence-electron chi connectivity index (χ1n) is 12.6. The number of aliphatic hydroxyl groups excluding tert-OH is 1. The molecular weight excluding hydrogens is 534 g/mol. The van der Waals surface area contributed by atoms with Gasteiger partial charge in [0.25, 0.3) is 0 Å². The van der Waals surface area contributed by atoms with E-state index in [1.54, 1.807) is 13.2 Å². The van der Waals surface area contributed by atoms with Gasteiger partial charge in [-0.15, -0.1) is 11.8 Å². The third kappa shape index (κ3) is 7.34. The second kappa shape index (κ2) is 13.1. The van der Waals surface area contributed by atoms with Crippen LogP contribution in [0.25, 0.3) is 10.9 Å². The highest BCUT2D eigenvalue weighted by molar-refractivity contribution is 7.99. The maximum atomic E-state index is 13.4. The lowest BCUT2D eigenvalue weighted by molar-refractivity contribution is -0.139. The molecule has 1 fully saturated rings. The number of halogens is 3. The minimum Gasteiger partial charge on any atom is -0.497 e. The Morgan fingerprint density at radius 3 is 2.71 bits per heavy atom. The van der Waals surface area contributed by atoms with Gasteiger partial charge in [-0.25, -0.2) is 8.78 Å². The average Bonchev–Trinajstić information content (AvgIpc) is 2.86. The van der Waals surface area contributed by atoms with E-state index in [4.69, 9.17) is 16.3 Å². The Kier molecular flexibility index (Phi) is 9.81. The Balaban J connectivity index is 1.37. The van der Waals surface area contributed by atoms with Gasteiger partial charge in [0.2, 0.25) is 0 Å². The molecule has 0 bridgehead atoms. The van der Waals surface area contributed by atoms with Gasteiger partial charge in [-0.2, -0.15) is 0 Å². The molecule has 0 spiro atoms. The highest BCUT2D eigenvalue weighted by Crippen LogP contribution is 2.37. The number of ether oxygens (including phenoxy) is 1. The molecule has 38 heavy (non-hydrogen) atoms. The SMILES string of the molecule is COc1ccc2ncc(Cl)c(C(O)CCC3CCN(CCSc4cc(F)cc(F)c4)CC3CC(=O)O)c2c1. The second-order valence-electron chi connectivity index (χ2n) is 9.66. The Morgan fingerprint density at radius 1 is 1.24 bits per heavy atom. The quantitative estimate of drug-likeness (QED) is 0.269. The lowest BCUT2D eigenvalue weighted by Crippen LogP contribution is -2.42. The number of carboxylic acids is 1. The lowest BCUT2D eigenvalue weighted by Gasteiger charge is -2.38. The summed E-state index contributed by atoms with van der Waals surface area (Å²) >= 11 is 7.83. The zero-order valence-electron chi connectivity index (χ0n) is 21.1. The summed E-state index contributed by atoms with van der Waals surface area (Å²) in [4.78, 5) is 18.7. The molecular formula is C28H31ClF2N2O4S. The summed E-state index contributed by atoms with van der Waals surface area (Å²) in [5, 5.41) is 21.8. The van der Waals surface area contributed by atoms with Crippen LogP contribution in [0, 0.1) is 23.5 Å². The third-order valence-corrected chi connectivity index (χ3v) is 8.39. The predicted molar refractivity (Wildman–Crippen MR) is 145 cm³/mol. The number of piperidine rings is 1. The van der Waals surface area contributed by atoms with Crippen molar-refractivity contribution >= 4 is 40.2 Å². The maximum Gasteiger partial charge on any atom is 0.303 e. The van der Waals surface area contributed by atoms with E-state index in [-0.39, 0.29) is 18.3 Å². The van der Waals surface area contributed by atoms with Gasteiger partial charge in [0, 0.05) is 53.4 Å². The van der Waals surface area contributed by atoms with E-state index in [0.29, 0.717) is 58.4 Å². The van der Waals surface area contributed by atoms with Gasteiger partial charge in [-0.1, -0.05) is 11.6 Å². The van der Waals surface area contributed by atoms with Crippen molar-refractivity contribution in [3.63, 3.8) is 0 Å². The van der Waals surface area contributed by atoms with Gasteiger partial charge >= 0.3 is 5.97 Å². The minimum absolute atomic E-state index is 0.0512. The summed E-state index contributed by atoms with van der Waals surface area (Å²) in [7, 11) is 1.57. The molecule has 3 aromatic rings. The Morgan fingerprint density at radius 2 is 2.00 bits per heavy atom. The molecule has 0 amide bonds. The van der Waals surface area contributed by atoms with E-state index >= 15 is 0 Å². The number of likely N-dealkylation sites (tertiary alicyclic amines) is 1. The van der Waals surface area contributed by atoms with E-state index in [9.17, 15) is 23.8 Å². The molecule has 0 radical (unpaired) electrons. The van der Waals surface area contributed by atoms with Gasteiger partial charge in [0.1, 0.15) is 17.4 Å². The molecule has 6 nitrogen and oxygen atoms in total. The number of carbonyl (C=O) groups is 1. The molecule has 2 heterocycles. The van der Waals surface area contributed by atoms with Crippen LogP contribution in [-0.4, -0.2) is 58.6 Å². The molecule has 10 heteroatoms. The number of fused-ring (bicyclic) bond motifs is 1. The summed E-state index contributed by atoms with van der Waals surface area (Å²) in [5.74, 6) is -0.678. The van der Waals surface area contributed by atoms with E-state index < -0.39 is 23.7 Å². The number of hydrogen-bond acceptors (Lipinski definition) is 6. The van der Waals surface area contributed by atoms with Crippen molar-refractivity contribution in [1.29, 1.82) is 0 Å². The molecule has 1 saturated heterocycles. The van der Waals surface area contributed by atoms with Crippen molar-refractivity contribution in [2.75, 3.05) is 32.5 Å². The fraction of sp³-hybridized carbons (Fsp3) is 0.429. The number of hydrogen-bond donors (Lipinski definition) is 2. The summed E-state index contributed by atoms with van der Waals surface area (Å²) in [6.07, 6.45) is 2.67. The smallest absolute Gasteiger partial charge is 0.303 e. The van der Waals surface area contributed by atoms with Crippen molar-refractivity contribution in [2.24, 2.45) is 11.8 Å². The largest absolute Gasteiger partial charge is 0.497 e. The first-order valence-corrected chi connectivity index (χ1v) is 13.9. The van der Waals surface area contributed by atoms with Gasteiger partial charge in [0.15, 0.2) is 0 Å². The number of pyridine rings is 1. The highest BCUT2D eigenvalue weighted by Gasteiger charge is 2.31. The topological polar surface area (TPSA) is 82.9 Å². The number of thioether (sulfide) groups is 1. The van der Waals surface area contributed by atoms with Gasteiger partial charge < -0.3 is 19.8 Å². The van der Waals surface area contributed by atoms with Crippen LogP contribution in [0.5, 0.6) is 5.75 Å². The first-order chi connectivity index (χ1) is 18.2.